The van der Waals surface area contributed by atoms with Gasteiger partial charge in [0.15, 0.2) is 17.5 Å². The van der Waals surface area contributed by atoms with E-state index in [1.54, 1.807) is 30.3 Å². The summed E-state index contributed by atoms with van der Waals surface area (Å²) in [6.45, 7) is 4.23. The van der Waals surface area contributed by atoms with Crippen molar-refractivity contribution in [3.8, 4) is 67.5 Å². The lowest BCUT2D eigenvalue weighted by atomic mass is 9.82. The Hall–Kier alpha value is -7.23. The molecule has 0 radical (unpaired) electrons. The van der Waals surface area contributed by atoms with Crippen molar-refractivity contribution in [1.82, 2.24) is 15.0 Å². The molecule has 11 rings (SSSR count). The van der Waals surface area contributed by atoms with Crippen LogP contribution in [0.25, 0.3) is 99.9 Å². The molecule has 0 saturated carbocycles. The molecule has 0 unspecified atom stereocenters. The molecule has 0 amide bonds. The molecule has 268 valence electrons. The normalized spacial score (nSPS) is 17.5. The molecule has 57 heavy (non-hydrogen) atoms. The molecular weight excluding hydrogens is 691 g/mol. The molecule has 0 N–H and O–H groups in total. The van der Waals surface area contributed by atoms with Crippen LogP contribution in [0.2, 0.25) is 0 Å². The summed E-state index contributed by atoms with van der Waals surface area (Å²) in [5.41, 5.74) is 1.83. The van der Waals surface area contributed by atoms with Gasteiger partial charge in [-0.25, -0.2) is 15.0 Å². The van der Waals surface area contributed by atoms with E-state index in [-0.39, 0.29) is 23.0 Å². The summed E-state index contributed by atoms with van der Waals surface area (Å²) >= 11 is 0. The summed E-state index contributed by atoms with van der Waals surface area (Å²) in [6, 6.07) is 7.53. The molecule has 1 aliphatic rings. The van der Waals surface area contributed by atoms with Crippen LogP contribution < -0.4 is 0 Å². The van der Waals surface area contributed by atoms with Crippen molar-refractivity contribution in [3.63, 3.8) is 0 Å². The molecule has 0 spiro atoms. The summed E-state index contributed by atoms with van der Waals surface area (Å²) in [7, 11) is 0. The maximum atomic E-state index is 9.72. The van der Waals surface area contributed by atoms with E-state index in [1.807, 2.05) is 30.3 Å². The van der Waals surface area contributed by atoms with Gasteiger partial charge in [0.05, 0.1) is 26.0 Å². The van der Waals surface area contributed by atoms with E-state index in [9.17, 15) is 11.0 Å². The first-order chi connectivity index (χ1) is 35.9. The number of benzene rings is 9. The van der Waals surface area contributed by atoms with Crippen LogP contribution in [0.15, 0.2) is 188 Å². The van der Waals surface area contributed by atoms with Crippen LogP contribution in [0.4, 0.5) is 0 Å². The van der Waals surface area contributed by atoms with Crippen molar-refractivity contribution in [2.75, 3.05) is 0 Å². The average Bonchev–Trinajstić information content (AvgIpc) is 3.76. The quantitative estimate of drug-likeness (QED) is 0.165. The van der Waals surface area contributed by atoms with E-state index in [2.05, 4.69) is 31.0 Å². The molecule has 0 aliphatic heterocycles. The highest BCUT2D eigenvalue weighted by molar-refractivity contribution is 6.25. The molecule has 0 saturated heterocycles. The van der Waals surface area contributed by atoms with Crippen molar-refractivity contribution in [2.24, 2.45) is 0 Å². The van der Waals surface area contributed by atoms with Crippen LogP contribution in [0, 0.1) is 0 Å². The summed E-state index contributed by atoms with van der Waals surface area (Å²) in [6.07, 6.45) is 0. The zero-order chi connectivity index (χ0) is 54.6. The van der Waals surface area contributed by atoms with Gasteiger partial charge >= 0.3 is 0 Å². The fraction of sp³-hybridized carbons (Fsp3) is 0.0556. The van der Waals surface area contributed by atoms with Gasteiger partial charge in [0, 0.05) is 22.1 Å². The number of rotatable bonds is 5. The smallest absolute Gasteiger partial charge is 0.164 e. The Labute approximate surface area is 358 Å². The van der Waals surface area contributed by atoms with E-state index in [1.165, 1.54) is 0 Å². The lowest BCUT2D eigenvalue weighted by Crippen LogP contribution is -2.15. The van der Waals surface area contributed by atoms with E-state index < -0.39 is 175 Å². The minimum Gasteiger partial charge on any atom is -0.208 e. The van der Waals surface area contributed by atoms with Crippen LogP contribution >= 0.6 is 0 Å². The molecule has 9 aromatic carbocycles. The van der Waals surface area contributed by atoms with Crippen molar-refractivity contribution in [1.29, 1.82) is 0 Å². The number of aromatic nitrogens is 3. The van der Waals surface area contributed by atoms with Crippen LogP contribution in [0.1, 0.15) is 51.0 Å². The lowest BCUT2D eigenvalue weighted by Gasteiger charge is -2.21. The maximum Gasteiger partial charge on any atom is 0.164 e. The average molecular weight is 747 g/mol. The topological polar surface area (TPSA) is 38.7 Å². The highest BCUT2D eigenvalue weighted by Crippen LogP contribution is 2.49. The molecule has 1 heterocycles. The van der Waals surface area contributed by atoms with Crippen LogP contribution in [0.5, 0.6) is 0 Å². The molecule has 0 bridgehead atoms. The molecule has 1 aliphatic carbocycles. The summed E-state index contributed by atoms with van der Waals surface area (Å²) in [4.78, 5) is 14.3. The summed E-state index contributed by atoms with van der Waals surface area (Å²) in [5.74, 6) is 0.0729. The first-order valence-corrected chi connectivity index (χ1v) is 18.1. The molecule has 1 aromatic heterocycles. The molecule has 10 aromatic rings. The summed E-state index contributed by atoms with van der Waals surface area (Å²) < 4.78 is 173. The minimum atomic E-state index is -0.929. The lowest BCUT2D eigenvalue weighted by molar-refractivity contribution is 0.660. The zero-order valence-corrected chi connectivity index (χ0v) is 30.3. The molecule has 0 fully saturated rings. The second kappa shape index (κ2) is 12.9. The fourth-order valence-electron chi connectivity index (χ4n) is 7.60. The molecule has 3 nitrogen and oxygen atoms in total. The van der Waals surface area contributed by atoms with Crippen LogP contribution in [-0.2, 0) is 5.41 Å². The van der Waals surface area contributed by atoms with Gasteiger partial charge in [0.1, 0.15) is 0 Å². The van der Waals surface area contributed by atoms with E-state index in [0.29, 0.717) is 11.1 Å². The third-order valence-corrected chi connectivity index (χ3v) is 10.4. The Balaban J connectivity index is 1.16. The van der Waals surface area contributed by atoms with Gasteiger partial charge < -0.3 is 0 Å². The maximum absolute atomic E-state index is 9.72. The zero-order valence-electron chi connectivity index (χ0n) is 49.3. The highest BCUT2D eigenvalue weighted by atomic mass is 15.0. The Morgan fingerprint density at radius 1 is 0.368 bits per heavy atom. The Morgan fingerprint density at radius 3 is 1.58 bits per heavy atom. The number of hydrogen-bond acceptors (Lipinski definition) is 3. The Bertz CT molecular complexity index is 4240. The van der Waals surface area contributed by atoms with E-state index >= 15 is 0 Å². The fourth-order valence-corrected chi connectivity index (χ4v) is 7.60. The highest BCUT2D eigenvalue weighted by Gasteiger charge is 2.35. The van der Waals surface area contributed by atoms with E-state index in [4.69, 9.17) is 25.0 Å². The monoisotopic (exact) mass is 746 g/mol. The van der Waals surface area contributed by atoms with Crippen molar-refractivity contribution in [3.05, 3.63) is 199 Å². The number of fused-ring (bicyclic) bond motifs is 9. The third kappa shape index (κ3) is 5.46. The van der Waals surface area contributed by atoms with Gasteiger partial charge in [-0.2, -0.15) is 0 Å². The predicted octanol–water partition coefficient (Wildman–Crippen LogP) is 14.0. The summed E-state index contributed by atoms with van der Waals surface area (Å²) in [5, 5.41) is -2.66. The molecular formula is C54H37N3. The largest absolute Gasteiger partial charge is 0.208 e. The van der Waals surface area contributed by atoms with Gasteiger partial charge in [0.2, 0.25) is 0 Å². The van der Waals surface area contributed by atoms with Crippen LogP contribution in [-0.4, -0.2) is 15.0 Å². The van der Waals surface area contributed by atoms with Gasteiger partial charge in [0.25, 0.3) is 0 Å². The Morgan fingerprint density at radius 2 is 0.877 bits per heavy atom. The number of hydrogen-bond donors (Lipinski definition) is 0. The number of nitrogens with zero attached hydrogens (tertiary/aromatic N) is 3. The predicted molar refractivity (Wildman–Crippen MR) is 237 cm³/mol. The van der Waals surface area contributed by atoms with Gasteiger partial charge in [-0.3, -0.25) is 0 Å². The second-order valence-electron chi connectivity index (χ2n) is 14.1. The van der Waals surface area contributed by atoms with Crippen molar-refractivity contribution >= 4 is 32.3 Å². The van der Waals surface area contributed by atoms with Crippen molar-refractivity contribution < 1.29 is 26.0 Å². The molecule has 3 heteroatoms. The SMILES string of the molecule is [2H]c1c([2H])c(-c2c([2H])c([2H])c(-c3nc(-c4ccccc4)nc(-c4ccc5c(c4)C(C)(C)c4ccccc4-5)n3)c([2H])c2[2H])c([2H])c(-c2c([2H])c([2H])c3c4c([2H])c([2H])c([2H])c([2H])c4c4c([2H])c([2H])c([2H])c([2H])c4c3c2[2H])c1[2H]. The third-order valence-electron chi connectivity index (χ3n) is 10.4. The first kappa shape index (κ1) is 19.1. The van der Waals surface area contributed by atoms with Gasteiger partial charge in [-0.1, -0.05) is 183 Å². The molecule has 0 atom stereocenters. The van der Waals surface area contributed by atoms with Crippen LogP contribution in [0.3, 0.4) is 0 Å². The second-order valence-corrected chi connectivity index (χ2v) is 14.1. The minimum absolute atomic E-state index is 0.152. The standard InChI is InChI=1S/C54H37N3/c1-54(2)49-22-11-10-21-46(49)47-30-28-40(33-50(47)54)53-56-51(35-13-4-3-5-14-35)55-52(57-53)36-25-23-34(24-26-36)37-15-12-16-38(31-37)39-27-29-45-43-19-7-6-17-41(43)42-18-8-9-20-44(42)48(45)32-39/h3-33H,1-2H3/i6D,7D,8D,9D,12D,15D,16D,17D,18D,19D,20D,23D,24D,25D,26D,27D,29D,31D,32D. The van der Waals surface area contributed by atoms with Gasteiger partial charge in [-0.15, -0.1) is 0 Å². The first-order valence-electron chi connectivity index (χ1n) is 27.6. The Kier molecular flexibility index (Phi) is 4.33. The van der Waals surface area contributed by atoms with Crippen molar-refractivity contribution in [2.45, 2.75) is 19.3 Å². The van der Waals surface area contributed by atoms with Gasteiger partial charge in [-0.05, 0) is 95.0 Å². The van der Waals surface area contributed by atoms with E-state index in [0.717, 1.165) is 22.3 Å².